The Labute approximate surface area is 218 Å². The van der Waals surface area contributed by atoms with E-state index in [0.29, 0.717) is 33.8 Å². The molecule has 1 fully saturated rings. The van der Waals surface area contributed by atoms with Gasteiger partial charge in [-0.15, -0.1) is 0 Å². The summed E-state index contributed by atoms with van der Waals surface area (Å²) in [4.78, 5) is 17.3. The van der Waals surface area contributed by atoms with E-state index in [9.17, 15) is 9.90 Å². The van der Waals surface area contributed by atoms with Crippen LogP contribution in [0.3, 0.4) is 0 Å². The molecule has 4 rings (SSSR count). The topological polar surface area (TPSA) is 43.8 Å². The molecule has 4 nitrogen and oxygen atoms in total. The fourth-order valence-corrected chi connectivity index (χ4v) is 5.29. The first-order chi connectivity index (χ1) is 16.9. The predicted octanol–water partition coefficient (Wildman–Crippen LogP) is 6.82. The van der Waals surface area contributed by atoms with Gasteiger partial charge in [0.1, 0.15) is 5.75 Å². The number of piperidine rings is 1. The van der Waals surface area contributed by atoms with Gasteiger partial charge in [-0.05, 0) is 86.3 Å². The van der Waals surface area contributed by atoms with Gasteiger partial charge < -0.3 is 14.9 Å². The number of hydrogen-bond acceptors (Lipinski definition) is 3. The Morgan fingerprint density at radius 1 is 1.00 bits per heavy atom. The molecule has 1 saturated heterocycles. The lowest BCUT2D eigenvalue weighted by atomic mass is 9.88. The number of nitrogens with zero attached hydrogens (tertiary/aromatic N) is 2. The molecule has 1 aliphatic rings. The van der Waals surface area contributed by atoms with Gasteiger partial charge in [-0.1, -0.05) is 65.7 Å². The van der Waals surface area contributed by atoms with Crippen LogP contribution in [0.4, 0.5) is 0 Å². The summed E-state index contributed by atoms with van der Waals surface area (Å²) in [5.41, 5.74) is 2.84. The van der Waals surface area contributed by atoms with Gasteiger partial charge in [0.05, 0.1) is 10.0 Å². The maximum Gasteiger partial charge on any atom is 0.253 e. The Morgan fingerprint density at radius 2 is 1.69 bits per heavy atom. The van der Waals surface area contributed by atoms with Crippen LogP contribution in [0, 0.1) is 0 Å². The quantitative estimate of drug-likeness (QED) is 0.361. The lowest BCUT2D eigenvalue weighted by Gasteiger charge is -2.34. The molecule has 1 amide bonds. The van der Waals surface area contributed by atoms with Crippen LogP contribution in [-0.4, -0.2) is 54.0 Å². The van der Waals surface area contributed by atoms with Crippen LogP contribution in [-0.2, 0) is 0 Å². The zero-order chi connectivity index (χ0) is 24.8. The normalized spacial score (nSPS) is 15.6. The second kappa shape index (κ2) is 11.9. The highest BCUT2D eigenvalue weighted by atomic mass is 35.5. The lowest BCUT2D eigenvalue weighted by Crippen LogP contribution is -2.36. The van der Waals surface area contributed by atoms with Crippen molar-refractivity contribution in [1.29, 1.82) is 0 Å². The van der Waals surface area contributed by atoms with Crippen LogP contribution in [0.5, 0.6) is 5.75 Å². The van der Waals surface area contributed by atoms with Crippen molar-refractivity contribution in [3.05, 3.63) is 99.5 Å². The van der Waals surface area contributed by atoms with Crippen LogP contribution >= 0.6 is 23.2 Å². The summed E-state index contributed by atoms with van der Waals surface area (Å²) in [7, 11) is 1.86. The number of rotatable bonds is 8. The fraction of sp³-hybridized carbons (Fsp3) is 0.345. The van der Waals surface area contributed by atoms with Crippen molar-refractivity contribution < 1.29 is 9.90 Å². The maximum atomic E-state index is 13.0. The van der Waals surface area contributed by atoms with Gasteiger partial charge >= 0.3 is 0 Å². The van der Waals surface area contributed by atoms with Gasteiger partial charge in [-0.2, -0.15) is 0 Å². The van der Waals surface area contributed by atoms with E-state index in [-0.39, 0.29) is 11.8 Å². The van der Waals surface area contributed by atoms with Crippen molar-refractivity contribution in [1.82, 2.24) is 9.80 Å². The summed E-state index contributed by atoms with van der Waals surface area (Å²) < 4.78 is 0. The zero-order valence-corrected chi connectivity index (χ0v) is 21.6. The summed E-state index contributed by atoms with van der Waals surface area (Å²) in [6.45, 7) is 3.52. The van der Waals surface area contributed by atoms with E-state index in [1.54, 1.807) is 11.0 Å². The number of aromatic hydroxyl groups is 1. The number of hydrogen-bond donors (Lipinski definition) is 1. The smallest absolute Gasteiger partial charge is 0.253 e. The average Bonchev–Trinajstić information content (AvgIpc) is 2.89. The third-order valence-corrected chi connectivity index (χ3v) is 7.77. The molecule has 0 saturated carbocycles. The largest absolute Gasteiger partial charge is 0.508 e. The number of benzene rings is 3. The number of carbonyl (C=O) groups is 1. The van der Waals surface area contributed by atoms with Crippen molar-refractivity contribution in [3.63, 3.8) is 0 Å². The monoisotopic (exact) mass is 510 g/mol. The van der Waals surface area contributed by atoms with Crippen molar-refractivity contribution in [2.75, 3.05) is 33.2 Å². The van der Waals surface area contributed by atoms with Crippen LogP contribution < -0.4 is 0 Å². The van der Waals surface area contributed by atoms with Crippen molar-refractivity contribution in [3.8, 4) is 5.75 Å². The molecule has 6 heteroatoms. The molecular formula is C29H32Cl2N2O2. The Balaban J connectivity index is 1.41. The fourth-order valence-electron chi connectivity index (χ4n) is 4.98. The third-order valence-electron chi connectivity index (χ3n) is 7.03. The van der Waals surface area contributed by atoms with E-state index < -0.39 is 0 Å². The van der Waals surface area contributed by atoms with Crippen molar-refractivity contribution in [2.24, 2.45) is 0 Å². The lowest BCUT2D eigenvalue weighted by molar-refractivity contribution is 0.0781. The van der Waals surface area contributed by atoms with E-state index in [2.05, 4.69) is 4.90 Å². The van der Waals surface area contributed by atoms with Gasteiger partial charge in [-0.25, -0.2) is 0 Å². The molecule has 0 aromatic heterocycles. The molecule has 1 atom stereocenters. The number of phenolic OH excluding ortho intramolecular Hbond substituents is 1. The zero-order valence-electron chi connectivity index (χ0n) is 20.0. The predicted molar refractivity (Wildman–Crippen MR) is 144 cm³/mol. The van der Waals surface area contributed by atoms with Crippen molar-refractivity contribution >= 4 is 29.1 Å². The average molecular weight is 511 g/mol. The number of para-hydroxylation sites is 1. The van der Waals surface area contributed by atoms with Gasteiger partial charge in [0.2, 0.25) is 0 Å². The van der Waals surface area contributed by atoms with E-state index in [1.165, 1.54) is 0 Å². The minimum absolute atomic E-state index is 0.0131. The molecule has 1 aliphatic heterocycles. The van der Waals surface area contributed by atoms with Gasteiger partial charge in [-0.3, -0.25) is 4.79 Å². The Hall–Kier alpha value is -2.53. The number of halogens is 2. The van der Waals surface area contributed by atoms with E-state index >= 15 is 0 Å². The van der Waals surface area contributed by atoms with Gasteiger partial charge in [0.25, 0.3) is 5.91 Å². The highest BCUT2D eigenvalue weighted by Crippen LogP contribution is 2.34. The summed E-state index contributed by atoms with van der Waals surface area (Å²) in [5.74, 6) is 0.946. The SMILES string of the molecule is CN(CC(CCN1CCC(c2ccccc2O)CC1)c1ccc(Cl)c(Cl)c1)C(=O)c1ccccc1. The minimum Gasteiger partial charge on any atom is -0.508 e. The molecule has 1 heterocycles. The minimum atomic E-state index is 0.0131. The molecule has 35 heavy (non-hydrogen) atoms. The van der Waals surface area contributed by atoms with Crippen LogP contribution in [0.25, 0.3) is 0 Å². The molecule has 0 spiro atoms. The highest BCUT2D eigenvalue weighted by molar-refractivity contribution is 6.42. The summed E-state index contributed by atoms with van der Waals surface area (Å²) in [6, 6.07) is 22.8. The number of likely N-dealkylation sites (tertiary alicyclic amines) is 1. The van der Waals surface area contributed by atoms with E-state index in [4.69, 9.17) is 23.2 Å². The first kappa shape index (κ1) is 25.6. The van der Waals surface area contributed by atoms with Crippen LogP contribution in [0.2, 0.25) is 10.0 Å². The van der Waals surface area contributed by atoms with Crippen molar-refractivity contribution in [2.45, 2.75) is 31.1 Å². The number of carbonyl (C=O) groups excluding carboxylic acids is 1. The van der Waals surface area contributed by atoms with Gasteiger partial charge in [0, 0.05) is 25.1 Å². The first-order valence-electron chi connectivity index (χ1n) is 12.2. The molecule has 3 aromatic carbocycles. The molecular weight excluding hydrogens is 479 g/mol. The Morgan fingerprint density at radius 3 is 2.37 bits per heavy atom. The highest BCUT2D eigenvalue weighted by Gasteiger charge is 2.25. The molecule has 0 radical (unpaired) electrons. The number of amides is 1. The summed E-state index contributed by atoms with van der Waals surface area (Å²) in [5, 5.41) is 11.3. The standard InChI is InChI=1S/C29H32Cl2N2O2/c1-32(29(35)22-7-3-2-4-8-22)20-24(23-11-12-26(30)27(31)19-23)15-18-33-16-13-21(14-17-33)25-9-5-6-10-28(25)34/h2-12,19,21,24,34H,13-18,20H2,1H3. The molecule has 1 N–H and O–H groups in total. The molecule has 3 aromatic rings. The molecule has 0 bridgehead atoms. The summed E-state index contributed by atoms with van der Waals surface area (Å²) >= 11 is 12.5. The Bertz CT molecular complexity index is 1130. The number of likely N-dealkylation sites (N-methyl/N-ethyl adjacent to an activating group) is 1. The van der Waals surface area contributed by atoms with Crippen LogP contribution in [0.15, 0.2) is 72.8 Å². The van der Waals surface area contributed by atoms with Gasteiger partial charge in [0.15, 0.2) is 0 Å². The third kappa shape index (κ3) is 6.58. The maximum absolute atomic E-state index is 13.0. The molecule has 1 unspecified atom stereocenters. The first-order valence-corrected chi connectivity index (χ1v) is 12.9. The molecule has 0 aliphatic carbocycles. The number of phenols is 1. The molecule has 184 valence electrons. The van der Waals surface area contributed by atoms with Crippen LogP contribution in [0.1, 0.15) is 52.6 Å². The Kier molecular flexibility index (Phi) is 8.72. The summed E-state index contributed by atoms with van der Waals surface area (Å²) in [6.07, 6.45) is 2.97. The second-order valence-corrected chi connectivity index (χ2v) is 10.2. The second-order valence-electron chi connectivity index (χ2n) is 9.39. The van der Waals surface area contributed by atoms with E-state index in [1.807, 2.05) is 73.8 Å². The van der Waals surface area contributed by atoms with E-state index in [0.717, 1.165) is 50.0 Å².